The molecular weight excluding hydrogens is 258 g/mol. The lowest BCUT2D eigenvalue weighted by molar-refractivity contribution is -0.138. The van der Waals surface area contributed by atoms with E-state index in [1.807, 2.05) is 20.8 Å². The predicted molar refractivity (Wildman–Crippen MR) is 74.5 cm³/mol. The van der Waals surface area contributed by atoms with Crippen molar-refractivity contribution in [3.8, 4) is 0 Å². The number of fused-ring (bicyclic) bond motifs is 1. The maximum absolute atomic E-state index is 12.4. The van der Waals surface area contributed by atoms with E-state index in [2.05, 4.69) is 0 Å². The number of carboxylic acids is 1. The fourth-order valence-electron chi connectivity index (χ4n) is 3.55. The maximum Gasteiger partial charge on any atom is 0.410 e. The summed E-state index contributed by atoms with van der Waals surface area (Å²) in [5.74, 6) is -0.400. The summed E-state index contributed by atoms with van der Waals surface area (Å²) in [6.45, 7) is 5.52. The van der Waals surface area contributed by atoms with Gasteiger partial charge in [-0.3, -0.25) is 4.79 Å². The van der Waals surface area contributed by atoms with Gasteiger partial charge in [-0.25, -0.2) is 4.79 Å². The molecule has 0 bridgehead atoms. The van der Waals surface area contributed by atoms with Crippen LogP contribution in [0.4, 0.5) is 4.79 Å². The zero-order valence-electron chi connectivity index (χ0n) is 12.6. The average molecular weight is 283 g/mol. The van der Waals surface area contributed by atoms with Crippen LogP contribution in [0.5, 0.6) is 0 Å². The molecule has 1 unspecified atom stereocenters. The Morgan fingerprint density at radius 3 is 2.50 bits per heavy atom. The van der Waals surface area contributed by atoms with Crippen LogP contribution in [-0.4, -0.2) is 39.8 Å². The van der Waals surface area contributed by atoms with Crippen LogP contribution in [0.15, 0.2) is 0 Å². The molecule has 114 valence electrons. The Balaban J connectivity index is 2.14. The molecule has 1 aliphatic heterocycles. The summed E-state index contributed by atoms with van der Waals surface area (Å²) in [4.78, 5) is 25.2. The Hall–Kier alpha value is -1.26. The number of hydrogen-bond donors (Lipinski definition) is 1. The second kappa shape index (κ2) is 5.62. The summed E-state index contributed by atoms with van der Waals surface area (Å²) >= 11 is 0. The number of carbonyl (C=O) groups is 2. The van der Waals surface area contributed by atoms with E-state index in [9.17, 15) is 9.59 Å². The first-order valence-corrected chi connectivity index (χ1v) is 7.51. The molecule has 0 aromatic rings. The summed E-state index contributed by atoms with van der Waals surface area (Å²) in [7, 11) is 0. The Morgan fingerprint density at radius 1 is 1.25 bits per heavy atom. The third-order valence-electron chi connectivity index (χ3n) is 4.21. The molecule has 1 aliphatic carbocycles. The van der Waals surface area contributed by atoms with Crippen molar-refractivity contribution in [1.29, 1.82) is 0 Å². The van der Waals surface area contributed by atoms with Crippen LogP contribution in [0.2, 0.25) is 0 Å². The second-order valence-corrected chi connectivity index (χ2v) is 6.99. The van der Waals surface area contributed by atoms with Crippen LogP contribution in [0.1, 0.15) is 59.3 Å². The molecule has 20 heavy (non-hydrogen) atoms. The number of likely N-dealkylation sites (tertiary alicyclic amines) is 1. The molecule has 0 aromatic heterocycles. The smallest absolute Gasteiger partial charge is 0.410 e. The lowest BCUT2D eigenvalue weighted by atomic mass is 9.84. The summed E-state index contributed by atoms with van der Waals surface area (Å²) < 4.78 is 5.48. The van der Waals surface area contributed by atoms with Crippen LogP contribution in [0.25, 0.3) is 0 Å². The molecule has 5 nitrogen and oxygen atoms in total. The van der Waals surface area contributed by atoms with Gasteiger partial charge in [0.25, 0.3) is 0 Å². The molecular formula is C15H25NO4. The van der Waals surface area contributed by atoms with Crippen molar-refractivity contribution in [3.05, 3.63) is 0 Å². The lowest BCUT2D eigenvalue weighted by Crippen LogP contribution is -2.46. The second-order valence-electron chi connectivity index (χ2n) is 6.99. The maximum atomic E-state index is 12.4. The zero-order valence-corrected chi connectivity index (χ0v) is 12.6. The third-order valence-corrected chi connectivity index (χ3v) is 4.21. The highest BCUT2D eigenvalue weighted by atomic mass is 16.6. The molecule has 0 aromatic carbocycles. The van der Waals surface area contributed by atoms with Crippen LogP contribution >= 0.6 is 0 Å². The van der Waals surface area contributed by atoms with Crippen molar-refractivity contribution in [2.45, 2.75) is 77.0 Å². The third kappa shape index (κ3) is 3.44. The average Bonchev–Trinajstić information content (AvgIpc) is 2.63. The van der Waals surface area contributed by atoms with Gasteiger partial charge in [0, 0.05) is 12.1 Å². The van der Waals surface area contributed by atoms with Gasteiger partial charge in [-0.2, -0.15) is 0 Å². The molecule has 2 aliphatic rings. The van der Waals surface area contributed by atoms with E-state index in [1.54, 1.807) is 4.90 Å². The van der Waals surface area contributed by atoms with Crippen LogP contribution < -0.4 is 0 Å². The summed E-state index contributed by atoms with van der Waals surface area (Å²) in [6, 6.07) is -0.0431. The fraction of sp³-hybridized carbons (Fsp3) is 0.867. The Bertz CT molecular complexity index is 388. The standard InChI is InChI=1S/C15H25NO4/c1-15(2,3)20-14(19)16-11(9-13(17)18)8-10-6-4-5-7-12(10)16/h10-12H,4-9H2,1-3H3,(H,17,18)/t10-,11?,12-/m0/s1. The number of aliphatic carboxylic acids is 1. The first-order chi connectivity index (χ1) is 9.28. The van der Waals surface area contributed by atoms with E-state index in [1.165, 1.54) is 6.42 Å². The van der Waals surface area contributed by atoms with E-state index in [4.69, 9.17) is 9.84 Å². The van der Waals surface area contributed by atoms with Crippen molar-refractivity contribution in [2.75, 3.05) is 0 Å². The summed E-state index contributed by atoms with van der Waals surface area (Å²) in [6.07, 6.45) is 4.84. The van der Waals surface area contributed by atoms with Gasteiger partial charge in [0.15, 0.2) is 0 Å². The number of carbonyl (C=O) groups excluding carboxylic acids is 1. The van der Waals surface area contributed by atoms with Gasteiger partial charge in [-0.15, -0.1) is 0 Å². The van der Waals surface area contributed by atoms with Crippen LogP contribution in [-0.2, 0) is 9.53 Å². The van der Waals surface area contributed by atoms with Gasteiger partial charge in [0.05, 0.1) is 6.42 Å². The number of hydrogen-bond acceptors (Lipinski definition) is 3. The topological polar surface area (TPSA) is 66.8 Å². The molecule has 1 amide bonds. The van der Waals surface area contributed by atoms with Crippen LogP contribution in [0.3, 0.4) is 0 Å². The van der Waals surface area contributed by atoms with Crippen molar-refractivity contribution < 1.29 is 19.4 Å². The highest BCUT2D eigenvalue weighted by Crippen LogP contribution is 2.41. The Labute approximate surface area is 120 Å². The minimum absolute atomic E-state index is 0.0201. The zero-order chi connectivity index (χ0) is 14.9. The first kappa shape index (κ1) is 15.1. The van der Waals surface area contributed by atoms with Gasteiger partial charge in [0.2, 0.25) is 0 Å². The highest BCUT2D eigenvalue weighted by Gasteiger charge is 2.46. The lowest BCUT2D eigenvalue weighted by Gasteiger charge is -2.35. The van der Waals surface area contributed by atoms with Crippen molar-refractivity contribution in [3.63, 3.8) is 0 Å². The number of ether oxygens (including phenoxy) is 1. The van der Waals surface area contributed by atoms with E-state index >= 15 is 0 Å². The quantitative estimate of drug-likeness (QED) is 0.846. The van der Waals surface area contributed by atoms with Gasteiger partial charge >= 0.3 is 12.1 Å². The van der Waals surface area contributed by atoms with E-state index in [0.717, 1.165) is 25.7 Å². The molecule has 0 spiro atoms. The Morgan fingerprint density at radius 2 is 1.90 bits per heavy atom. The number of amides is 1. The summed E-state index contributed by atoms with van der Waals surface area (Å²) in [5, 5.41) is 9.06. The molecule has 1 saturated heterocycles. The molecule has 5 heteroatoms. The molecule has 0 radical (unpaired) electrons. The van der Waals surface area contributed by atoms with Gasteiger partial charge in [0.1, 0.15) is 5.60 Å². The van der Waals surface area contributed by atoms with E-state index in [0.29, 0.717) is 5.92 Å². The SMILES string of the molecule is CC(C)(C)OC(=O)N1C(CC(=O)O)C[C@@H]2CCCC[C@@H]21. The normalized spacial score (nSPS) is 29.9. The van der Waals surface area contributed by atoms with Crippen molar-refractivity contribution in [1.82, 2.24) is 4.90 Å². The summed E-state index contributed by atoms with van der Waals surface area (Å²) in [5.41, 5.74) is -0.544. The predicted octanol–water partition coefficient (Wildman–Crippen LogP) is 3.03. The van der Waals surface area contributed by atoms with Gasteiger partial charge in [-0.1, -0.05) is 12.8 Å². The number of rotatable bonds is 2. The van der Waals surface area contributed by atoms with Crippen LogP contribution in [0, 0.1) is 5.92 Å². The monoisotopic (exact) mass is 283 g/mol. The molecule has 1 heterocycles. The highest BCUT2D eigenvalue weighted by molar-refractivity contribution is 5.72. The van der Waals surface area contributed by atoms with Crippen molar-refractivity contribution >= 4 is 12.1 Å². The fourth-order valence-corrected chi connectivity index (χ4v) is 3.55. The molecule has 2 rings (SSSR count). The molecule has 3 atom stereocenters. The first-order valence-electron chi connectivity index (χ1n) is 7.51. The van der Waals surface area contributed by atoms with Crippen molar-refractivity contribution in [2.24, 2.45) is 5.92 Å². The largest absolute Gasteiger partial charge is 0.481 e. The number of nitrogens with zero attached hydrogens (tertiary/aromatic N) is 1. The molecule has 1 saturated carbocycles. The minimum Gasteiger partial charge on any atom is -0.481 e. The Kier molecular flexibility index (Phi) is 4.25. The van der Waals surface area contributed by atoms with E-state index < -0.39 is 11.6 Å². The van der Waals surface area contributed by atoms with Gasteiger partial charge in [-0.05, 0) is 46.0 Å². The minimum atomic E-state index is -0.845. The van der Waals surface area contributed by atoms with Gasteiger partial charge < -0.3 is 14.7 Å². The van der Waals surface area contributed by atoms with E-state index in [-0.39, 0.29) is 24.6 Å². The molecule has 1 N–H and O–H groups in total. The number of carboxylic acid groups (broad SMARTS) is 1. The molecule has 2 fully saturated rings.